The van der Waals surface area contributed by atoms with E-state index in [0.29, 0.717) is 16.9 Å². The summed E-state index contributed by atoms with van der Waals surface area (Å²) in [6.07, 6.45) is 2.84. The molecule has 1 aromatic carbocycles. The minimum atomic E-state index is 0.298. The first-order chi connectivity index (χ1) is 10.2. The van der Waals surface area contributed by atoms with E-state index >= 15 is 0 Å². The quantitative estimate of drug-likeness (QED) is 0.850. The minimum absolute atomic E-state index is 0.298. The molecule has 4 nitrogen and oxygen atoms in total. The molecule has 3 N–H and O–H groups in total. The molecular formula is C16H19N3OS. The zero-order chi connectivity index (χ0) is 14.8. The average Bonchev–Trinajstić information content (AvgIpc) is 3.01. The summed E-state index contributed by atoms with van der Waals surface area (Å²) in [5.74, 6) is 0.510. The van der Waals surface area contributed by atoms with Crippen LogP contribution in [0.25, 0.3) is 10.9 Å². The summed E-state index contributed by atoms with van der Waals surface area (Å²) in [7, 11) is 0. The van der Waals surface area contributed by atoms with E-state index in [9.17, 15) is 0 Å². The average molecular weight is 301 g/mol. The predicted molar refractivity (Wildman–Crippen MR) is 89.6 cm³/mol. The van der Waals surface area contributed by atoms with Crippen molar-refractivity contribution < 1.29 is 4.74 Å². The smallest absolute Gasteiger partial charge is 0.107 e. The SMILES string of the molecule is CC(Nc1c(C(N)=S)cnc2ccccc12)C1CCOC1. The Morgan fingerprint density at radius 2 is 2.29 bits per heavy atom. The molecule has 1 aromatic heterocycles. The van der Waals surface area contributed by atoms with Gasteiger partial charge in [-0.25, -0.2) is 0 Å². The van der Waals surface area contributed by atoms with E-state index in [1.54, 1.807) is 6.20 Å². The van der Waals surface area contributed by atoms with E-state index in [4.69, 9.17) is 22.7 Å². The number of nitrogens with one attached hydrogen (secondary N) is 1. The van der Waals surface area contributed by atoms with Gasteiger partial charge in [0.05, 0.1) is 23.4 Å². The molecule has 0 aliphatic carbocycles. The molecule has 21 heavy (non-hydrogen) atoms. The lowest BCUT2D eigenvalue weighted by molar-refractivity contribution is 0.183. The van der Waals surface area contributed by atoms with E-state index in [1.807, 2.05) is 24.3 Å². The second kappa shape index (κ2) is 5.95. The van der Waals surface area contributed by atoms with E-state index in [2.05, 4.69) is 17.2 Å². The van der Waals surface area contributed by atoms with Gasteiger partial charge in [0.1, 0.15) is 4.99 Å². The number of rotatable bonds is 4. The summed E-state index contributed by atoms with van der Waals surface area (Å²) in [5, 5.41) is 4.64. The normalized spacial score (nSPS) is 19.6. The van der Waals surface area contributed by atoms with Gasteiger partial charge in [0.2, 0.25) is 0 Å². The number of hydrogen-bond acceptors (Lipinski definition) is 4. The number of nitrogens with zero attached hydrogens (tertiary/aromatic N) is 1. The molecule has 2 aromatic rings. The van der Waals surface area contributed by atoms with Crippen LogP contribution in [-0.4, -0.2) is 29.2 Å². The number of aromatic nitrogens is 1. The highest BCUT2D eigenvalue weighted by atomic mass is 32.1. The first-order valence-electron chi connectivity index (χ1n) is 7.18. The Morgan fingerprint density at radius 1 is 1.48 bits per heavy atom. The van der Waals surface area contributed by atoms with Gasteiger partial charge < -0.3 is 15.8 Å². The fourth-order valence-electron chi connectivity index (χ4n) is 2.78. The van der Waals surface area contributed by atoms with Crippen LogP contribution in [-0.2, 0) is 4.74 Å². The van der Waals surface area contributed by atoms with Crippen molar-refractivity contribution in [2.24, 2.45) is 11.7 Å². The lowest BCUT2D eigenvalue weighted by atomic mass is 9.99. The molecule has 110 valence electrons. The monoisotopic (exact) mass is 301 g/mol. The molecule has 0 spiro atoms. The predicted octanol–water partition coefficient (Wildman–Crippen LogP) is 2.71. The van der Waals surface area contributed by atoms with Crippen LogP contribution in [0.3, 0.4) is 0 Å². The molecule has 0 amide bonds. The Hall–Kier alpha value is -1.72. The molecule has 2 heterocycles. The Bertz CT molecular complexity index is 668. The number of fused-ring (bicyclic) bond motifs is 1. The first kappa shape index (κ1) is 14.2. The Balaban J connectivity index is 2.01. The van der Waals surface area contributed by atoms with E-state index in [0.717, 1.165) is 41.8 Å². The van der Waals surface area contributed by atoms with Gasteiger partial charge in [-0.15, -0.1) is 0 Å². The highest BCUT2D eigenvalue weighted by Gasteiger charge is 2.23. The molecule has 5 heteroatoms. The van der Waals surface area contributed by atoms with Crippen molar-refractivity contribution in [2.75, 3.05) is 18.5 Å². The van der Waals surface area contributed by atoms with Crippen LogP contribution < -0.4 is 11.1 Å². The second-order valence-corrected chi connectivity index (χ2v) is 5.92. The van der Waals surface area contributed by atoms with E-state index < -0.39 is 0 Å². The van der Waals surface area contributed by atoms with Crippen molar-refractivity contribution in [2.45, 2.75) is 19.4 Å². The molecule has 3 rings (SSSR count). The van der Waals surface area contributed by atoms with Gasteiger partial charge >= 0.3 is 0 Å². The van der Waals surface area contributed by atoms with Crippen LogP contribution in [0, 0.1) is 5.92 Å². The van der Waals surface area contributed by atoms with Gasteiger partial charge in [-0.05, 0) is 19.4 Å². The Labute approximate surface area is 129 Å². The summed E-state index contributed by atoms with van der Waals surface area (Å²) in [6, 6.07) is 8.32. The van der Waals surface area contributed by atoms with Crippen molar-refractivity contribution in [1.82, 2.24) is 4.98 Å². The number of anilines is 1. The molecule has 2 unspecified atom stereocenters. The summed E-state index contributed by atoms with van der Waals surface area (Å²) in [5.41, 5.74) is 8.58. The van der Waals surface area contributed by atoms with E-state index in [1.165, 1.54) is 0 Å². The van der Waals surface area contributed by atoms with Crippen molar-refractivity contribution in [3.05, 3.63) is 36.0 Å². The van der Waals surface area contributed by atoms with Crippen molar-refractivity contribution in [3.8, 4) is 0 Å². The maximum atomic E-state index is 5.86. The minimum Gasteiger partial charge on any atom is -0.389 e. The second-order valence-electron chi connectivity index (χ2n) is 5.48. The summed E-state index contributed by atoms with van der Waals surface area (Å²) in [6.45, 7) is 3.83. The zero-order valence-corrected chi connectivity index (χ0v) is 12.8. The van der Waals surface area contributed by atoms with Crippen LogP contribution in [0.2, 0.25) is 0 Å². The number of pyridine rings is 1. The van der Waals surface area contributed by atoms with Crippen LogP contribution in [0.1, 0.15) is 18.9 Å². The van der Waals surface area contributed by atoms with Crippen LogP contribution in [0.5, 0.6) is 0 Å². The topological polar surface area (TPSA) is 60.2 Å². The highest BCUT2D eigenvalue weighted by molar-refractivity contribution is 7.80. The van der Waals surface area contributed by atoms with Crippen molar-refractivity contribution in [1.29, 1.82) is 0 Å². The van der Waals surface area contributed by atoms with Gasteiger partial charge in [-0.2, -0.15) is 0 Å². The maximum Gasteiger partial charge on any atom is 0.107 e. The van der Waals surface area contributed by atoms with Crippen molar-refractivity contribution >= 4 is 33.8 Å². The lowest BCUT2D eigenvalue weighted by Gasteiger charge is -2.23. The molecule has 1 fully saturated rings. The molecule has 1 aliphatic heterocycles. The number of nitrogens with two attached hydrogens (primary N) is 1. The maximum absolute atomic E-state index is 5.86. The zero-order valence-electron chi connectivity index (χ0n) is 12.0. The Morgan fingerprint density at radius 3 is 3.00 bits per heavy atom. The molecule has 0 radical (unpaired) electrons. The molecule has 0 bridgehead atoms. The van der Waals surface area contributed by atoms with Gasteiger partial charge in [0, 0.05) is 30.1 Å². The molecule has 0 saturated carbocycles. The number of thiocarbonyl (C=S) groups is 1. The summed E-state index contributed by atoms with van der Waals surface area (Å²) >= 11 is 5.17. The third kappa shape index (κ3) is 2.84. The highest BCUT2D eigenvalue weighted by Crippen LogP contribution is 2.29. The number of hydrogen-bond donors (Lipinski definition) is 2. The molecular weight excluding hydrogens is 282 g/mol. The fraction of sp³-hybridized carbons (Fsp3) is 0.375. The molecule has 2 atom stereocenters. The van der Waals surface area contributed by atoms with E-state index in [-0.39, 0.29) is 0 Å². The third-order valence-electron chi connectivity index (χ3n) is 4.08. The van der Waals surface area contributed by atoms with Gasteiger partial charge in [-0.1, -0.05) is 30.4 Å². The van der Waals surface area contributed by atoms with Gasteiger partial charge in [0.25, 0.3) is 0 Å². The number of ether oxygens (including phenoxy) is 1. The van der Waals surface area contributed by atoms with Crippen LogP contribution in [0.4, 0.5) is 5.69 Å². The van der Waals surface area contributed by atoms with Crippen LogP contribution in [0.15, 0.2) is 30.5 Å². The molecule has 1 saturated heterocycles. The largest absolute Gasteiger partial charge is 0.389 e. The Kier molecular flexibility index (Phi) is 4.03. The van der Waals surface area contributed by atoms with Crippen molar-refractivity contribution in [3.63, 3.8) is 0 Å². The summed E-state index contributed by atoms with van der Waals surface area (Å²) < 4.78 is 5.48. The standard InChI is InChI=1S/C16H19N3OS/c1-10(11-6-7-20-9-11)19-15-12-4-2-3-5-14(12)18-8-13(15)16(17)21/h2-5,8,10-11H,6-7,9H2,1H3,(H2,17,21)(H,18,19). The molecule has 1 aliphatic rings. The summed E-state index contributed by atoms with van der Waals surface area (Å²) in [4.78, 5) is 4.80. The number of benzene rings is 1. The fourth-order valence-corrected chi connectivity index (χ4v) is 2.93. The van der Waals surface area contributed by atoms with Gasteiger partial charge in [0.15, 0.2) is 0 Å². The van der Waals surface area contributed by atoms with Crippen LogP contribution >= 0.6 is 12.2 Å². The lowest BCUT2D eigenvalue weighted by Crippen LogP contribution is -2.27. The number of para-hydroxylation sites is 1. The first-order valence-corrected chi connectivity index (χ1v) is 7.59. The third-order valence-corrected chi connectivity index (χ3v) is 4.30. The van der Waals surface area contributed by atoms with Gasteiger partial charge in [-0.3, -0.25) is 4.98 Å².